The molecule has 0 spiro atoms. The highest BCUT2D eigenvalue weighted by molar-refractivity contribution is 7.66. The van der Waals surface area contributed by atoms with E-state index in [9.17, 15) is 22.2 Å². The fourth-order valence-corrected chi connectivity index (χ4v) is 2.01. The average Bonchev–Trinajstić information content (AvgIpc) is 2.08. The van der Waals surface area contributed by atoms with Gasteiger partial charge in [-0.3, -0.25) is 4.79 Å². The van der Waals surface area contributed by atoms with Gasteiger partial charge in [-0.15, -0.1) is 0 Å². The maximum absolute atomic E-state index is 12.1. The molecule has 2 unspecified atom stereocenters. The van der Waals surface area contributed by atoms with Crippen LogP contribution in [0.2, 0.25) is 0 Å². The van der Waals surface area contributed by atoms with Crippen molar-refractivity contribution in [3.63, 3.8) is 0 Å². The van der Waals surface area contributed by atoms with Gasteiger partial charge in [0.15, 0.2) is 0 Å². The Labute approximate surface area is 89.7 Å². The van der Waals surface area contributed by atoms with Crippen molar-refractivity contribution in [2.24, 2.45) is 11.7 Å². The first-order valence-corrected chi connectivity index (χ1v) is 5.24. The lowest BCUT2D eigenvalue weighted by Gasteiger charge is -2.13. The van der Waals surface area contributed by atoms with E-state index in [4.69, 9.17) is 5.73 Å². The zero-order valence-corrected chi connectivity index (χ0v) is 9.03. The van der Waals surface area contributed by atoms with E-state index in [1.54, 1.807) is 6.92 Å². The first-order chi connectivity index (χ1) is 6.80. The molecule has 0 rings (SSSR count). The van der Waals surface area contributed by atoms with Crippen molar-refractivity contribution in [3.05, 3.63) is 0 Å². The lowest BCUT2D eigenvalue weighted by atomic mass is 9.95. The highest BCUT2D eigenvalue weighted by Crippen LogP contribution is 2.28. The fourth-order valence-electron chi connectivity index (χ4n) is 1.30. The van der Waals surface area contributed by atoms with Gasteiger partial charge in [0.25, 0.3) is 0 Å². The molecule has 0 bridgehead atoms. The summed E-state index contributed by atoms with van der Waals surface area (Å²) in [4.78, 5) is 10.6. The Balaban J connectivity index is 4.47. The summed E-state index contributed by atoms with van der Waals surface area (Å²) in [6.07, 6.45) is -5.40. The Kier molecular flexibility index (Phi) is 5.71. The number of carbonyl (C=O) groups is 1. The van der Waals surface area contributed by atoms with Gasteiger partial charge in [0.1, 0.15) is 6.42 Å². The number of primary amides is 1. The molecule has 15 heavy (non-hydrogen) atoms. The molecule has 0 aromatic heterocycles. The van der Waals surface area contributed by atoms with Crippen LogP contribution in [-0.4, -0.2) is 17.3 Å². The third kappa shape index (κ3) is 6.38. The van der Waals surface area contributed by atoms with Crippen molar-refractivity contribution < 1.29 is 22.2 Å². The standard InChI is InChI=1S/C8H12F3NO2S/c1-2-5(3-7(12)13)6(15-14)4-8(9,10)11/h5-6H,2-4H2,1H3,(H-,12,13)/p+1. The van der Waals surface area contributed by atoms with E-state index in [1.807, 2.05) is 0 Å². The molecule has 88 valence electrons. The minimum Gasteiger partial charge on any atom is -0.370 e. The Hall–Kier alpha value is -0.720. The van der Waals surface area contributed by atoms with E-state index in [2.05, 4.69) is 0 Å². The average molecular weight is 244 g/mol. The summed E-state index contributed by atoms with van der Waals surface area (Å²) in [5.74, 6) is -1.28. The quantitative estimate of drug-likeness (QED) is 0.722. The molecule has 1 amide bonds. The molecule has 0 fully saturated rings. The number of amides is 1. The number of rotatable bonds is 6. The van der Waals surface area contributed by atoms with E-state index < -0.39 is 29.7 Å². The molecular formula is C8H13F3NO2S+. The van der Waals surface area contributed by atoms with Crippen molar-refractivity contribution in [1.82, 2.24) is 0 Å². The number of hydrogen-bond donors (Lipinski definition) is 1. The molecule has 0 saturated carbocycles. The zero-order valence-electron chi connectivity index (χ0n) is 8.21. The van der Waals surface area contributed by atoms with E-state index >= 15 is 0 Å². The molecule has 0 aliphatic carbocycles. The first-order valence-electron chi connectivity index (χ1n) is 4.43. The summed E-state index contributed by atoms with van der Waals surface area (Å²) in [7, 11) is 0. The van der Waals surface area contributed by atoms with Crippen LogP contribution in [0.1, 0.15) is 26.2 Å². The van der Waals surface area contributed by atoms with E-state index in [-0.39, 0.29) is 18.1 Å². The number of alkyl halides is 3. The molecule has 2 N–H and O–H groups in total. The number of nitrogens with two attached hydrogens (primary N) is 1. The lowest BCUT2D eigenvalue weighted by Crippen LogP contribution is -2.29. The van der Waals surface area contributed by atoms with Gasteiger partial charge >= 0.3 is 17.8 Å². The largest absolute Gasteiger partial charge is 0.462 e. The summed E-state index contributed by atoms with van der Waals surface area (Å²) >= 11 is -0.106. The predicted octanol–water partition coefficient (Wildman–Crippen LogP) is 1.64. The fraction of sp³-hybridized carbons (Fsp3) is 0.875. The summed E-state index contributed by atoms with van der Waals surface area (Å²) in [5, 5.41) is -1.14. The van der Waals surface area contributed by atoms with Crippen LogP contribution < -0.4 is 5.73 Å². The Bertz CT molecular complexity index is 232. The maximum atomic E-state index is 12.1. The second kappa shape index (κ2) is 5.99. The van der Waals surface area contributed by atoms with Crippen LogP contribution in [0.15, 0.2) is 0 Å². The van der Waals surface area contributed by atoms with Crippen molar-refractivity contribution in [2.45, 2.75) is 37.6 Å². The van der Waals surface area contributed by atoms with Gasteiger partial charge in [-0.2, -0.15) is 13.2 Å². The molecule has 0 aromatic carbocycles. The summed E-state index contributed by atoms with van der Waals surface area (Å²) in [6, 6.07) is 0. The van der Waals surface area contributed by atoms with E-state index in [0.717, 1.165) is 0 Å². The molecule has 0 aromatic rings. The van der Waals surface area contributed by atoms with E-state index in [0.29, 0.717) is 6.42 Å². The predicted molar refractivity (Wildman–Crippen MR) is 50.1 cm³/mol. The minimum atomic E-state index is -4.38. The van der Waals surface area contributed by atoms with Crippen molar-refractivity contribution in [2.75, 3.05) is 0 Å². The van der Waals surface area contributed by atoms with Gasteiger partial charge in [-0.05, 0) is 6.42 Å². The number of carbonyl (C=O) groups excluding carboxylic acids is 1. The highest BCUT2D eigenvalue weighted by Gasteiger charge is 2.43. The molecule has 2 atom stereocenters. The van der Waals surface area contributed by atoms with Gasteiger partial charge in [0.05, 0.1) is 0 Å². The Morgan fingerprint density at radius 3 is 2.27 bits per heavy atom. The van der Waals surface area contributed by atoms with Gasteiger partial charge in [0.2, 0.25) is 11.2 Å². The summed E-state index contributed by atoms with van der Waals surface area (Å²) in [5.41, 5.74) is 4.89. The Morgan fingerprint density at radius 1 is 1.47 bits per heavy atom. The third-order valence-electron chi connectivity index (χ3n) is 2.07. The van der Waals surface area contributed by atoms with Gasteiger partial charge in [-0.1, -0.05) is 6.92 Å². The van der Waals surface area contributed by atoms with Gasteiger partial charge in [0, 0.05) is 16.5 Å². The molecule has 0 heterocycles. The SMILES string of the molecule is CCC(CC(N)=O)C(CC(F)(F)F)[S+]=O. The van der Waals surface area contributed by atoms with Gasteiger partial charge in [-0.25, -0.2) is 0 Å². The highest BCUT2D eigenvalue weighted by atomic mass is 32.1. The van der Waals surface area contributed by atoms with Crippen LogP contribution in [0.5, 0.6) is 0 Å². The van der Waals surface area contributed by atoms with Crippen LogP contribution in [-0.2, 0) is 20.7 Å². The van der Waals surface area contributed by atoms with Crippen LogP contribution in [0.3, 0.4) is 0 Å². The second-order valence-corrected chi connectivity index (χ2v) is 4.09. The zero-order chi connectivity index (χ0) is 12.1. The molecule has 0 aliphatic rings. The topological polar surface area (TPSA) is 60.2 Å². The number of halogens is 3. The van der Waals surface area contributed by atoms with Crippen LogP contribution >= 0.6 is 0 Å². The summed E-state index contributed by atoms with van der Waals surface area (Å²) in [6.45, 7) is 1.63. The molecular weight excluding hydrogens is 231 g/mol. The van der Waals surface area contributed by atoms with Gasteiger partial charge < -0.3 is 5.73 Å². The lowest BCUT2D eigenvalue weighted by molar-refractivity contribution is -0.137. The van der Waals surface area contributed by atoms with Crippen LogP contribution in [0.4, 0.5) is 13.2 Å². The third-order valence-corrected chi connectivity index (χ3v) is 2.87. The smallest absolute Gasteiger partial charge is 0.370 e. The maximum Gasteiger partial charge on any atom is 0.462 e. The Morgan fingerprint density at radius 2 is 2.00 bits per heavy atom. The normalized spacial score (nSPS) is 15.7. The molecule has 3 nitrogen and oxygen atoms in total. The summed E-state index contributed by atoms with van der Waals surface area (Å²) < 4.78 is 46.7. The molecule has 7 heteroatoms. The second-order valence-electron chi connectivity index (χ2n) is 3.29. The van der Waals surface area contributed by atoms with Crippen LogP contribution in [0, 0.1) is 5.92 Å². The van der Waals surface area contributed by atoms with Crippen LogP contribution in [0.25, 0.3) is 0 Å². The molecule has 0 saturated heterocycles. The van der Waals surface area contributed by atoms with Crippen molar-refractivity contribution >= 4 is 17.6 Å². The number of hydrogen-bond acceptors (Lipinski definition) is 2. The van der Waals surface area contributed by atoms with E-state index in [1.165, 1.54) is 0 Å². The molecule has 0 aliphatic heterocycles. The minimum absolute atomic E-state index is 0.106. The first kappa shape index (κ1) is 14.3. The van der Waals surface area contributed by atoms with Crippen molar-refractivity contribution in [3.8, 4) is 0 Å². The molecule has 0 radical (unpaired) electrons. The monoisotopic (exact) mass is 244 g/mol. The van der Waals surface area contributed by atoms with Crippen molar-refractivity contribution in [1.29, 1.82) is 0 Å².